The Bertz CT molecular complexity index is 1140. The van der Waals surface area contributed by atoms with Gasteiger partial charge in [0, 0.05) is 38.4 Å². The molecule has 2 aromatic rings. The van der Waals surface area contributed by atoms with Crippen LogP contribution in [0.1, 0.15) is 42.2 Å². The van der Waals surface area contributed by atoms with E-state index in [4.69, 9.17) is 14.2 Å². The molecule has 5 rings (SSSR count). The fourth-order valence-corrected chi connectivity index (χ4v) is 5.64. The van der Waals surface area contributed by atoms with Crippen LogP contribution in [0.2, 0.25) is 0 Å². The Morgan fingerprint density at radius 3 is 2.81 bits per heavy atom. The van der Waals surface area contributed by atoms with Crippen molar-refractivity contribution in [3.63, 3.8) is 0 Å². The van der Waals surface area contributed by atoms with E-state index in [1.807, 2.05) is 23.1 Å². The summed E-state index contributed by atoms with van der Waals surface area (Å²) in [6.45, 7) is 3.14. The number of anilines is 1. The normalized spacial score (nSPS) is 21.5. The Kier molecular flexibility index (Phi) is 7.85. The number of amides is 3. The number of benzene rings is 1. The van der Waals surface area contributed by atoms with Crippen LogP contribution >= 0.6 is 11.3 Å². The van der Waals surface area contributed by atoms with E-state index in [0.29, 0.717) is 47.8 Å². The van der Waals surface area contributed by atoms with Crippen LogP contribution in [0.4, 0.5) is 5.13 Å². The van der Waals surface area contributed by atoms with Crippen LogP contribution < -0.4 is 14.8 Å². The summed E-state index contributed by atoms with van der Waals surface area (Å²) in [7, 11) is 1.60. The first-order chi connectivity index (χ1) is 18.0. The number of methoxy groups -OCH3 is 1. The number of hydrogen-bond acceptors (Lipinski definition) is 9. The zero-order valence-corrected chi connectivity index (χ0v) is 21.6. The number of ether oxygens (including phenoxy) is 3. The topological polar surface area (TPSA) is 123 Å². The number of carbonyl (C=O) groups excluding carboxylic acids is 3. The Morgan fingerprint density at radius 2 is 2.05 bits per heavy atom. The molecule has 0 radical (unpaired) electrons. The Morgan fingerprint density at radius 1 is 1.22 bits per heavy atom. The summed E-state index contributed by atoms with van der Waals surface area (Å²) in [4.78, 5) is 41.0. The molecule has 1 unspecified atom stereocenters. The summed E-state index contributed by atoms with van der Waals surface area (Å²) in [5, 5.41) is 11.6. The van der Waals surface area contributed by atoms with E-state index in [1.165, 1.54) is 11.3 Å². The maximum Gasteiger partial charge on any atom is 0.245 e. The molecule has 1 aromatic heterocycles. The Hall–Kier alpha value is -3.25. The third-order valence-corrected chi connectivity index (χ3v) is 7.70. The van der Waals surface area contributed by atoms with Gasteiger partial charge in [0.05, 0.1) is 33.3 Å². The third kappa shape index (κ3) is 6.19. The second-order valence-electron chi connectivity index (χ2n) is 9.50. The molecule has 2 atom stereocenters. The maximum atomic E-state index is 12.7. The van der Waals surface area contributed by atoms with E-state index in [2.05, 4.69) is 15.5 Å². The van der Waals surface area contributed by atoms with E-state index in [1.54, 1.807) is 12.0 Å². The van der Waals surface area contributed by atoms with Gasteiger partial charge in [-0.2, -0.15) is 0 Å². The number of likely N-dealkylation sites (tertiary alicyclic amines) is 2. The van der Waals surface area contributed by atoms with Crippen molar-refractivity contribution >= 4 is 34.2 Å². The van der Waals surface area contributed by atoms with E-state index < -0.39 is 0 Å². The largest absolute Gasteiger partial charge is 0.493 e. The van der Waals surface area contributed by atoms with E-state index in [9.17, 15) is 14.4 Å². The number of nitrogens with one attached hydrogen (secondary N) is 1. The first-order valence-electron chi connectivity index (χ1n) is 12.6. The molecule has 1 N–H and O–H groups in total. The number of aromatic nitrogens is 2. The summed E-state index contributed by atoms with van der Waals surface area (Å²) in [6, 6.07) is 5.71. The van der Waals surface area contributed by atoms with Gasteiger partial charge in [-0.05, 0) is 30.5 Å². The van der Waals surface area contributed by atoms with Gasteiger partial charge in [0.25, 0.3) is 0 Å². The van der Waals surface area contributed by atoms with Gasteiger partial charge in [0.15, 0.2) is 11.5 Å². The minimum absolute atomic E-state index is 0.0197. The average molecular weight is 530 g/mol. The molecule has 3 fully saturated rings. The highest BCUT2D eigenvalue weighted by Crippen LogP contribution is 2.36. The van der Waals surface area contributed by atoms with Crippen molar-refractivity contribution < 1.29 is 28.6 Å². The first-order valence-corrected chi connectivity index (χ1v) is 13.4. The van der Waals surface area contributed by atoms with Crippen molar-refractivity contribution in [1.29, 1.82) is 0 Å². The number of carbonyl (C=O) groups is 3. The highest BCUT2D eigenvalue weighted by atomic mass is 32.1. The van der Waals surface area contributed by atoms with Crippen LogP contribution in [0.3, 0.4) is 0 Å². The van der Waals surface area contributed by atoms with Gasteiger partial charge in [0.1, 0.15) is 11.1 Å². The molecular weight excluding hydrogens is 498 g/mol. The summed E-state index contributed by atoms with van der Waals surface area (Å²) in [5.74, 6) is 0.811. The smallest absolute Gasteiger partial charge is 0.245 e. The summed E-state index contributed by atoms with van der Waals surface area (Å²) in [5.41, 5.74) is 0.961. The van der Waals surface area contributed by atoms with E-state index in [0.717, 1.165) is 37.9 Å². The highest BCUT2D eigenvalue weighted by molar-refractivity contribution is 7.15. The van der Waals surface area contributed by atoms with Crippen LogP contribution in [0.5, 0.6) is 11.5 Å². The van der Waals surface area contributed by atoms with Crippen molar-refractivity contribution in [2.24, 2.45) is 0 Å². The Labute approximate surface area is 219 Å². The lowest BCUT2D eigenvalue weighted by Gasteiger charge is -2.18. The van der Waals surface area contributed by atoms with Crippen molar-refractivity contribution in [3.8, 4) is 11.5 Å². The Balaban J connectivity index is 1.15. The van der Waals surface area contributed by atoms with Gasteiger partial charge in [-0.25, -0.2) is 0 Å². The predicted octanol–water partition coefficient (Wildman–Crippen LogP) is 1.83. The van der Waals surface area contributed by atoms with Crippen molar-refractivity contribution in [1.82, 2.24) is 20.0 Å². The standard InChI is InChI=1S/C25H31N5O6S/c1-34-19-5-4-16(10-20(19)36-18-6-9-35-15-18)17-11-23(32)30(13-17)14-21(31)26-25-28-27-22(37-25)12-24(33)29-7-2-3-8-29/h4-5,10,17-18H,2-3,6-9,11-15H2,1H3,(H,26,28,31)/t17-,18?/m1/s1. The SMILES string of the molecule is COc1ccc([C@@H]2CC(=O)N(CC(=O)Nc3nnc(CC(=O)N4CCCC4)s3)C2)cc1OC1CCOC1. The van der Waals surface area contributed by atoms with Gasteiger partial charge < -0.3 is 24.0 Å². The lowest BCUT2D eigenvalue weighted by Crippen LogP contribution is -2.34. The predicted molar refractivity (Wildman–Crippen MR) is 135 cm³/mol. The molecule has 12 heteroatoms. The van der Waals surface area contributed by atoms with Crippen LogP contribution in [0.25, 0.3) is 0 Å². The molecule has 0 aliphatic carbocycles. The summed E-state index contributed by atoms with van der Waals surface area (Å²) >= 11 is 1.18. The lowest BCUT2D eigenvalue weighted by molar-refractivity contribution is -0.131. The first kappa shape index (κ1) is 25.4. The van der Waals surface area contributed by atoms with Crippen LogP contribution in [-0.4, -0.2) is 90.3 Å². The second kappa shape index (κ2) is 11.4. The third-order valence-electron chi connectivity index (χ3n) is 6.86. The monoisotopic (exact) mass is 529 g/mol. The molecule has 3 saturated heterocycles. The van der Waals surface area contributed by atoms with Gasteiger partial charge in [-0.1, -0.05) is 17.4 Å². The molecule has 11 nitrogen and oxygen atoms in total. The molecular formula is C25H31N5O6S. The van der Waals surface area contributed by atoms with Crippen LogP contribution in [0.15, 0.2) is 18.2 Å². The second-order valence-corrected chi connectivity index (χ2v) is 10.6. The maximum absolute atomic E-state index is 12.7. The van der Waals surface area contributed by atoms with Gasteiger partial charge in [-0.3, -0.25) is 19.7 Å². The van der Waals surface area contributed by atoms with Gasteiger partial charge >= 0.3 is 0 Å². The quantitative estimate of drug-likeness (QED) is 0.522. The molecule has 4 heterocycles. The number of nitrogens with zero attached hydrogens (tertiary/aromatic N) is 4. The van der Waals surface area contributed by atoms with E-state index in [-0.39, 0.29) is 42.7 Å². The molecule has 3 amide bonds. The fraction of sp³-hybridized carbons (Fsp3) is 0.560. The zero-order valence-electron chi connectivity index (χ0n) is 20.8. The van der Waals surface area contributed by atoms with Crippen LogP contribution in [0, 0.1) is 0 Å². The molecule has 37 heavy (non-hydrogen) atoms. The molecule has 3 aliphatic rings. The molecule has 0 bridgehead atoms. The highest BCUT2D eigenvalue weighted by Gasteiger charge is 2.33. The minimum atomic E-state index is -0.345. The average Bonchev–Trinajstić information content (AvgIpc) is 3.69. The minimum Gasteiger partial charge on any atom is -0.493 e. The molecule has 1 aromatic carbocycles. The molecule has 0 saturated carbocycles. The van der Waals surface area contributed by atoms with Crippen molar-refractivity contribution in [3.05, 3.63) is 28.8 Å². The molecule has 198 valence electrons. The van der Waals surface area contributed by atoms with Crippen molar-refractivity contribution in [2.75, 3.05) is 51.8 Å². The lowest BCUT2D eigenvalue weighted by atomic mass is 9.98. The molecule has 0 spiro atoms. The molecule has 3 aliphatic heterocycles. The van der Waals surface area contributed by atoms with Gasteiger partial charge in [-0.15, -0.1) is 10.2 Å². The zero-order chi connectivity index (χ0) is 25.8. The van der Waals surface area contributed by atoms with E-state index >= 15 is 0 Å². The summed E-state index contributed by atoms with van der Waals surface area (Å²) in [6.07, 6.45) is 3.36. The van der Waals surface area contributed by atoms with Crippen molar-refractivity contribution in [2.45, 2.75) is 44.1 Å². The number of hydrogen-bond donors (Lipinski definition) is 1. The van der Waals surface area contributed by atoms with Crippen LogP contribution in [-0.2, 0) is 25.5 Å². The van der Waals surface area contributed by atoms with Gasteiger partial charge in [0.2, 0.25) is 22.9 Å². The summed E-state index contributed by atoms with van der Waals surface area (Å²) < 4.78 is 16.9. The number of rotatable bonds is 9. The fourth-order valence-electron chi connectivity index (χ4n) is 4.89.